The van der Waals surface area contributed by atoms with Gasteiger partial charge in [0.15, 0.2) is 5.41 Å². The number of hydrogen-bond acceptors (Lipinski definition) is 2. The summed E-state index contributed by atoms with van der Waals surface area (Å²) in [4.78, 5) is 21.3. The molecule has 0 saturated carbocycles. The predicted octanol–water partition coefficient (Wildman–Crippen LogP) is 1.52. The Labute approximate surface area is 76.9 Å². The van der Waals surface area contributed by atoms with Crippen LogP contribution in [0.2, 0.25) is 0 Å². The van der Waals surface area contributed by atoms with Gasteiger partial charge in [0.1, 0.15) is 0 Å². The molecule has 74 valence electrons. The van der Waals surface area contributed by atoms with Gasteiger partial charge in [-0.3, -0.25) is 9.59 Å². The number of hydrogen-bond donors (Lipinski definition) is 2. The minimum absolute atomic E-state index is 0.0139. The van der Waals surface area contributed by atoms with Crippen LogP contribution in [0.1, 0.15) is 27.2 Å². The summed E-state index contributed by atoms with van der Waals surface area (Å²) in [6.45, 7) is 4.80. The average molecular weight is 186 g/mol. The highest BCUT2D eigenvalue weighted by molar-refractivity contribution is 5.97. The molecule has 4 nitrogen and oxygen atoms in total. The van der Waals surface area contributed by atoms with Crippen molar-refractivity contribution in [1.82, 2.24) is 0 Å². The quantitative estimate of drug-likeness (QED) is 0.515. The van der Waals surface area contributed by atoms with Crippen molar-refractivity contribution in [3.63, 3.8) is 0 Å². The molecule has 0 aliphatic rings. The van der Waals surface area contributed by atoms with E-state index in [1.54, 1.807) is 19.9 Å². The lowest BCUT2D eigenvalue weighted by atomic mass is 9.86. The third-order valence-corrected chi connectivity index (χ3v) is 1.86. The van der Waals surface area contributed by atoms with Crippen molar-refractivity contribution in [3.8, 4) is 0 Å². The smallest absolute Gasteiger partial charge is 0.321 e. The van der Waals surface area contributed by atoms with Crippen molar-refractivity contribution in [2.75, 3.05) is 0 Å². The number of allylic oxidation sites excluding steroid dienone is 2. The molecule has 0 saturated heterocycles. The molecule has 0 aliphatic carbocycles. The minimum Gasteiger partial charge on any atom is -0.480 e. The number of aliphatic carboxylic acids is 2. The molecule has 0 rings (SSSR count). The Bertz CT molecular complexity index is 234. The van der Waals surface area contributed by atoms with Crippen LogP contribution >= 0.6 is 0 Å². The molecule has 0 atom stereocenters. The van der Waals surface area contributed by atoms with Crippen LogP contribution in [0, 0.1) is 5.41 Å². The van der Waals surface area contributed by atoms with Gasteiger partial charge in [0.05, 0.1) is 0 Å². The van der Waals surface area contributed by atoms with E-state index in [4.69, 9.17) is 10.2 Å². The first kappa shape index (κ1) is 11.7. The van der Waals surface area contributed by atoms with Crippen LogP contribution < -0.4 is 0 Å². The molecule has 0 fully saturated rings. The molecular weight excluding hydrogens is 172 g/mol. The molecule has 0 aromatic rings. The van der Waals surface area contributed by atoms with Crippen molar-refractivity contribution < 1.29 is 19.8 Å². The molecule has 0 radical (unpaired) electrons. The van der Waals surface area contributed by atoms with Gasteiger partial charge >= 0.3 is 11.9 Å². The largest absolute Gasteiger partial charge is 0.480 e. The Morgan fingerprint density at radius 3 is 1.85 bits per heavy atom. The summed E-state index contributed by atoms with van der Waals surface area (Å²) in [6, 6.07) is 0. The lowest BCUT2D eigenvalue weighted by Crippen LogP contribution is -2.35. The third kappa shape index (κ3) is 2.89. The van der Waals surface area contributed by atoms with E-state index in [-0.39, 0.29) is 6.42 Å². The maximum absolute atomic E-state index is 10.7. The monoisotopic (exact) mass is 186 g/mol. The molecule has 0 aromatic heterocycles. The molecule has 0 bridgehead atoms. The van der Waals surface area contributed by atoms with Crippen molar-refractivity contribution in [1.29, 1.82) is 0 Å². The van der Waals surface area contributed by atoms with Crippen LogP contribution in [0.25, 0.3) is 0 Å². The highest BCUT2D eigenvalue weighted by Gasteiger charge is 2.40. The summed E-state index contributed by atoms with van der Waals surface area (Å²) in [5, 5.41) is 17.4. The zero-order valence-corrected chi connectivity index (χ0v) is 8.00. The molecule has 0 aromatic carbocycles. The summed E-state index contributed by atoms with van der Waals surface area (Å²) >= 11 is 0. The Balaban J connectivity index is 4.73. The van der Waals surface area contributed by atoms with E-state index < -0.39 is 17.4 Å². The maximum Gasteiger partial charge on any atom is 0.321 e. The minimum atomic E-state index is -1.71. The Hall–Kier alpha value is -1.32. The number of carboxylic acids is 2. The molecule has 2 N–H and O–H groups in total. The molecular formula is C9H14O4. The average Bonchev–Trinajstić information content (AvgIpc) is 1.99. The Kier molecular flexibility index (Phi) is 3.66. The van der Waals surface area contributed by atoms with Crippen molar-refractivity contribution in [2.24, 2.45) is 5.41 Å². The van der Waals surface area contributed by atoms with Crippen molar-refractivity contribution in [3.05, 3.63) is 11.6 Å². The van der Waals surface area contributed by atoms with E-state index in [2.05, 4.69) is 0 Å². The van der Waals surface area contributed by atoms with Crippen molar-refractivity contribution >= 4 is 11.9 Å². The normalized spacial score (nSPS) is 10.7. The first-order valence-electron chi connectivity index (χ1n) is 3.91. The molecule has 13 heavy (non-hydrogen) atoms. The van der Waals surface area contributed by atoms with Gasteiger partial charge in [0, 0.05) is 0 Å². The van der Waals surface area contributed by atoms with E-state index in [0.29, 0.717) is 0 Å². The summed E-state index contributed by atoms with van der Waals surface area (Å²) in [7, 11) is 0. The van der Waals surface area contributed by atoms with Crippen LogP contribution in [0.4, 0.5) is 0 Å². The van der Waals surface area contributed by atoms with Gasteiger partial charge < -0.3 is 10.2 Å². The third-order valence-electron chi connectivity index (χ3n) is 1.86. The fraction of sp³-hybridized carbons (Fsp3) is 0.556. The first-order chi connectivity index (χ1) is 5.80. The summed E-state index contributed by atoms with van der Waals surface area (Å²) in [5.41, 5.74) is -0.800. The van der Waals surface area contributed by atoms with Gasteiger partial charge in [-0.2, -0.15) is 0 Å². The second-order valence-corrected chi connectivity index (χ2v) is 3.43. The van der Waals surface area contributed by atoms with E-state index in [0.717, 1.165) is 5.57 Å². The summed E-state index contributed by atoms with van der Waals surface area (Å²) in [5.74, 6) is -2.62. The number of rotatable bonds is 4. The van der Waals surface area contributed by atoms with Gasteiger partial charge in [0.25, 0.3) is 0 Å². The highest BCUT2D eigenvalue weighted by Crippen LogP contribution is 2.23. The fourth-order valence-electron chi connectivity index (χ4n) is 0.674. The number of carbonyl (C=O) groups is 2. The topological polar surface area (TPSA) is 74.6 Å². The van der Waals surface area contributed by atoms with E-state index >= 15 is 0 Å². The predicted molar refractivity (Wildman–Crippen MR) is 47.4 cm³/mol. The lowest BCUT2D eigenvalue weighted by Gasteiger charge is -2.17. The van der Waals surface area contributed by atoms with Gasteiger partial charge in [-0.25, -0.2) is 0 Å². The molecule has 0 unspecified atom stereocenters. The molecule has 0 aliphatic heterocycles. The maximum atomic E-state index is 10.7. The molecule has 4 heteroatoms. The van der Waals surface area contributed by atoms with Gasteiger partial charge in [-0.15, -0.1) is 0 Å². The summed E-state index contributed by atoms with van der Waals surface area (Å²) < 4.78 is 0. The highest BCUT2D eigenvalue weighted by atomic mass is 16.4. The zero-order chi connectivity index (χ0) is 10.6. The molecule has 0 amide bonds. The van der Waals surface area contributed by atoms with Crippen molar-refractivity contribution in [2.45, 2.75) is 27.2 Å². The zero-order valence-electron chi connectivity index (χ0n) is 8.00. The Morgan fingerprint density at radius 1 is 1.23 bits per heavy atom. The standard InChI is InChI=1S/C9H14O4/c1-6(2)4-5-9(3,7(10)11)8(12)13/h4H,5H2,1-3H3,(H,10,11)(H,12,13). The second-order valence-electron chi connectivity index (χ2n) is 3.43. The first-order valence-corrected chi connectivity index (χ1v) is 3.91. The van der Waals surface area contributed by atoms with Crippen LogP contribution in [0.3, 0.4) is 0 Å². The Morgan fingerprint density at radius 2 is 1.62 bits per heavy atom. The number of carboxylic acid groups (broad SMARTS) is 2. The van der Waals surface area contributed by atoms with Crippen LogP contribution in [-0.2, 0) is 9.59 Å². The van der Waals surface area contributed by atoms with Crippen LogP contribution in [-0.4, -0.2) is 22.2 Å². The lowest BCUT2D eigenvalue weighted by molar-refractivity contribution is -0.162. The molecule has 0 spiro atoms. The van der Waals surface area contributed by atoms with Crippen LogP contribution in [0.5, 0.6) is 0 Å². The fourth-order valence-corrected chi connectivity index (χ4v) is 0.674. The SMILES string of the molecule is CC(C)=CCC(C)(C(=O)O)C(=O)O. The summed E-state index contributed by atoms with van der Waals surface area (Å²) in [6.07, 6.45) is 1.63. The van der Waals surface area contributed by atoms with Crippen LogP contribution in [0.15, 0.2) is 11.6 Å². The second kappa shape index (κ2) is 4.07. The van der Waals surface area contributed by atoms with E-state index in [1.807, 2.05) is 0 Å². The van der Waals surface area contributed by atoms with E-state index in [1.165, 1.54) is 6.92 Å². The van der Waals surface area contributed by atoms with E-state index in [9.17, 15) is 9.59 Å². The van der Waals surface area contributed by atoms with Gasteiger partial charge in [-0.05, 0) is 27.2 Å². The van der Waals surface area contributed by atoms with Gasteiger partial charge in [-0.1, -0.05) is 11.6 Å². The molecule has 0 heterocycles. The van der Waals surface area contributed by atoms with Gasteiger partial charge in [0.2, 0.25) is 0 Å².